The first-order chi connectivity index (χ1) is 12.9. The second-order valence-corrected chi connectivity index (χ2v) is 9.71. The van der Waals surface area contributed by atoms with Crippen LogP contribution in [0.1, 0.15) is 0 Å². The van der Waals surface area contributed by atoms with Crippen LogP contribution in [0.2, 0.25) is 0 Å². The third-order valence-electron chi connectivity index (χ3n) is 4.50. The Morgan fingerprint density at radius 1 is 0.750 bits per heavy atom. The summed E-state index contributed by atoms with van der Waals surface area (Å²) in [4.78, 5) is -1.85. The van der Waals surface area contributed by atoms with Crippen LogP contribution < -0.4 is 0 Å². The van der Waals surface area contributed by atoms with Crippen LogP contribution >= 0.6 is 0 Å². The second-order valence-electron chi connectivity index (χ2n) is 6.02. The van der Waals surface area contributed by atoms with E-state index in [1.165, 1.54) is 24.3 Å². The lowest BCUT2D eigenvalue weighted by molar-refractivity contribution is 0.479. The van der Waals surface area contributed by atoms with Crippen LogP contribution in [0.4, 0.5) is 0 Å². The lowest BCUT2D eigenvalue weighted by Crippen LogP contribution is -2.06. The summed E-state index contributed by atoms with van der Waals surface area (Å²) in [6, 6.07) is 6.70. The molecule has 4 aromatic rings. The predicted octanol–water partition coefficient (Wildman–Crippen LogP) is 2.02. The predicted molar refractivity (Wildman–Crippen MR) is 98.6 cm³/mol. The molecule has 1 unspecified atom stereocenters. The minimum atomic E-state index is -4.91. The number of rotatable bonds is 3. The summed E-state index contributed by atoms with van der Waals surface area (Å²) >= 11 is -2.76. The largest absolute Gasteiger partial charge is 0.768 e. The normalized spacial score (nSPS) is 14.2. The molecule has 0 heterocycles. The molecule has 0 saturated heterocycles. The molecule has 0 radical (unpaired) electrons. The van der Waals surface area contributed by atoms with Crippen LogP contribution in [0, 0.1) is 0 Å². The molecule has 0 aromatic heterocycles. The van der Waals surface area contributed by atoms with Gasteiger partial charge in [-0.1, -0.05) is 18.2 Å². The monoisotopic (exact) mass is 441 g/mol. The summed E-state index contributed by atoms with van der Waals surface area (Å²) in [7, 11) is -9.81. The summed E-state index contributed by atoms with van der Waals surface area (Å²) < 4.78 is 89.6. The molecule has 0 aliphatic rings. The summed E-state index contributed by atoms with van der Waals surface area (Å²) in [5.74, 6) is -0.424. The molecule has 146 valence electrons. The fourth-order valence-electron chi connectivity index (χ4n) is 3.44. The van der Waals surface area contributed by atoms with Crippen LogP contribution in [0.25, 0.3) is 32.3 Å². The van der Waals surface area contributed by atoms with Crippen molar-refractivity contribution in [2.24, 2.45) is 0 Å². The Bertz CT molecular complexity index is 1490. The van der Waals surface area contributed by atoms with Crippen LogP contribution in [-0.4, -0.2) is 39.8 Å². The molecule has 0 amide bonds. The van der Waals surface area contributed by atoms with Gasteiger partial charge in [0.15, 0.2) is 0 Å². The van der Waals surface area contributed by atoms with Crippen molar-refractivity contribution in [2.75, 3.05) is 0 Å². The van der Waals surface area contributed by atoms with Crippen LogP contribution in [0.3, 0.4) is 0 Å². The topological polar surface area (TPSA) is 169 Å². The Kier molecular flexibility index (Phi) is 3.95. The molecule has 0 fully saturated rings. The van der Waals surface area contributed by atoms with Gasteiger partial charge in [-0.2, -0.15) is 16.8 Å². The Morgan fingerprint density at radius 2 is 1.18 bits per heavy atom. The molecule has 0 saturated carbocycles. The van der Waals surface area contributed by atoms with Gasteiger partial charge >= 0.3 is 0 Å². The zero-order chi connectivity index (χ0) is 20.6. The summed E-state index contributed by atoms with van der Waals surface area (Å²) in [6.07, 6.45) is 0. The first-order valence-corrected chi connectivity index (χ1v) is 11.4. The molecule has 9 nitrogen and oxygen atoms in total. The van der Waals surface area contributed by atoms with E-state index in [2.05, 4.69) is 0 Å². The molecule has 1 atom stereocenters. The Balaban J connectivity index is 2.45. The van der Waals surface area contributed by atoms with E-state index >= 15 is 0 Å². The Morgan fingerprint density at radius 3 is 1.64 bits per heavy atom. The van der Waals surface area contributed by atoms with E-state index in [1.807, 2.05) is 0 Å². The maximum absolute atomic E-state index is 11.8. The van der Waals surface area contributed by atoms with Gasteiger partial charge in [0, 0.05) is 31.8 Å². The van der Waals surface area contributed by atoms with Gasteiger partial charge in [0.1, 0.15) is 15.5 Å². The van der Waals surface area contributed by atoms with E-state index in [9.17, 15) is 39.8 Å². The second kappa shape index (κ2) is 5.83. The van der Waals surface area contributed by atoms with Gasteiger partial charge in [-0.15, -0.1) is 0 Å². The third kappa shape index (κ3) is 2.65. The van der Waals surface area contributed by atoms with Crippen molar-refractivity contribution in [2.45, 2.75) is 14.7 Å². The van der Waals surface area contributed by atoms with Crippen LogP contribution in [0.5, 0.6) is 5.75 Å². The zero-order valence-corrected chi connectivity index (χ0v) is 15.9. The van der Waals surface area contributed by atoms with E-state index in [4.69, 9.17) is 0 Å². The average Bonchev–Trinajstić information content (AvgIpc) is 2.58. The van der Waals surface area contributed by atoms with Crippen LogP contribution in [-0.2, 0) is 31.3 Å². The van der Waals surface area contributed by atoms with Gasteiger partial charge in [-0.05, 0) is 34.7 Å². The van der Waals surface area contributed by atoms with Crippen molar-refractivity contribution in [1.82, 2.24) is 0 Å². The number of benzene rings is 4. The van der Waals surface area contributed by atoms with Crippen molar-refractivity contribution in [3.05, 3.63) is 36.4 Å². The highest BCUT2D eigenvalue weighted by Gasteiger charge is 2.26. The van der Waals surface area contributed by atoms with Crippen molar-refractivity contribution < 1.29 is 39.8 Å². The number of aromatic hydroxyl groups is 1. The van der Waals surface area contributed by atoms with E-state index in [1.54, 1.807) is 0 Å². The molecule has 0 aliphatic heterocycles. The highest BCUT2D eigenvalue weighted by molar-refractivity contribution is 7.87. The van der Waals surface area contributed by atoms with Gasteiger partial charge in [0.25, 0.3) is 20.2 Å². The lowest BCUT2D eigenvalue weighted by Gasteiger charge is -2.18. The van der Waals surface area contributed by atoms with Gasteiger partial charge in [-0.3, -0.25) is 13.3 Å². The van der Waals surface area contributed by atoms with Crippen LogP contribution in [0.15, 0.2) is 51.1 Å². The average molecular weight is 441 g/mol. The molecular weight excluding hydrogens is 432 g/mol. The summed E-state index contributed by atoms with van der Waals surface area (Å²) in [6.45, 7) is 0. The van der Waals surface area contributed by atoms with Crippen molar-refractivity contribution >= 4 is 63.6 Å². The molecule has 0 spiro atoms. The molecule has 28 heavy (non-hydrogen) atoms. The van der Waals surface area contributed by atoms with Crippen molar-refractivity contribution in [3.63, 3.8) is 0 Å². The van der Waals surface area contributed by atoms with E-state index in [-0.39, 0.29) is 37.2 Å². The third-order valence-corrected chi connectivity index (χ3v) is 6.98. The minimum Gasteiger partial charge on any atom is -0.768 e. The number of phenolic OH excluding ortho intramolecular Hbond substituents is 1. The minimum absolute atomic E-state index is 0.0413. The van der Waals surface area contributed by atoms with Crippen molar-refractivity contribution in [3.8, 4) is 5.75 Å². The molecule has 4 aromatic carbocycles. The Hall–Kier alpha value is -2.35. The smallest absolute Gasteiger partial charge is 0.295 e. The van der Waals surface area contributed by atoms with Gasteiger partial charge < -0.3 is 9.66 Å². The molecule has 12 heteroatoms. The molecule has 3 N–H and O–H groups in total. The van der Waals surface area contributed by atoms with Gasteiger partial charge in [0.05, 0.1) is 0 Å². The summed E-state index contributed by atoms with van der Waals surface area (Å²) in [5.41, 5.74) is 0. The van der Waals surface area contributed by atoms with Crippen molar-refractivity contribution in [1.29, 1.82) is 0 Å². The number of phenols is 1. The zero-order valence-electron chi connectivity index (χ0n) is 13.5. The standard InChI is InChI=1S/C16H10O9S3/c17-11-5-12(26(18)19)8-2-4-10-14(28(23,24)25)6-13(27(20,21)22)9-3-1-7(11)15(8)16(9)10/h1-6,17H,(H,18,19)(H,20,21,22)(H,23,24,25)/p-1. The fourth-order valence-corrected chi connectivity index (χ4v) is 5.51. The number of hydrogen-bond donors (Lipinski definition) is 3. The van der Waals surface area contributed by atoms with E-state index in [0.29, 0.717) is 6.07 Å². The van der Waals surface area contributed by atoms with E-state index in [0.717, 1.165) is 6.07 Å². The van der Waals surface area contributed by atoms with Gasteiger partial charge in [-0.25, -0.2) is 0 Å². The first kappa shape index (κ1) is 19.0. The first-order valence-electron chi connectivity index (χ1n) is 7.43. The Labute approximate surface area is 160 Å². The highest BCUT2D eigenvalue weighted by atomic mass is 32.2. The van der Waals surface area contributed by atoms with E-state index < -0.39 is 46.9 Å². The SMILES string of the molecule is O=S([O-])c1cc(O)c2ccc3c(S(=O)(=O)O)cc(S(=O)(=O)O)c4ccc1c2c34. The molecule has 0 bridgehead atoms. The maximum Gasteiger partial charge on any atom is 0.295 e. The fraction of sp³-hybridized carbons (Fsp3) is 0. The molecular formula is C16H9O9S3-. The highest BCUT2D eigenvalue weighted by Crippen LogP contribution is 2.44. The maximum atomic E-state index is 11.8. The molecule has 4 rings (SSSR count). The quantitative estimate of drug-likeness (QED) is 0.244. The molecule has 0 aliphatic carbocycles. The lowest BCUT2D eigenvalue weighted by atomic mass is 9.94. The van der Waals surface area contributed by atoms with Gasteiger partial charge in [0.2, 0.25) is 0 Å². The summed E-state index contributed by atoms with van der Waals surface area (Å²) in [5, 5.41) is 10.3. The number of hydrogen-bond acceptors (Lipinski definition) is 7.